The second-order valence-corrected chi connectivity index (χ2v) is 11.1. The minimum atomic E-state index is -2.60. The first-order valence-corrected chi connectivity index (χ1v) is 13.4. The molecule has 3 aliphatic rings. The number of benzene rings is 1. The van der Waals surface area contributed by atoms with E-state index < -0.39 is 64.0 Å². The van der Waals surface area contributed by atoms with Gasteiger partial charge in [-0.1, -0.05) is 13.3 Å². The van der Waals surface area contributed by atoms with Gasteiger partial charge in [-0.05, 0) is 57.0 Å². The van der Waals surface area contributed by atoms with Gasteiger partial charge in [-0.25, -0.2) is 0 Å². The van der Waals surface area contributed by atoms with E-state index in [-0.39, 0.29) is 17.6 Å². The van der Waals surface area contributed by atoms with E-state index in [0.29, 0.717) is 18.8 Å². The van der Waals surface area contributed by atoms with Crippen LogP contribution in [0, 0.1) is 11.8 Å². The number of nitrogens with two attached hydrogens (primary N) is 1. The number of rotatable bonds is 8. The smallest absolute Gasteiger partial charge is 0.307 e. The van der Waals surface area contributed by atoms with Crippen LogP contribution in [-0.4, -0.2) is 85.0 Å². The second-order valence-electron chi connectivity index (χ2n) is 11.1. The van der Waals surface area contributed by atoms with E-state index in [1.54, 1.807) is 25.1 Å². The van der Waals surface area contributed by atoms with Crippen molar-refractivity contribution >= 4 is 29.1 Å². The van der Waals surface area contributed by atoms with Gasteiger partial charge in [0.1, 0.15) is 17.1 Å². The van der Waals surface area contributed by atoms with Crippen LogP contribution in [0.3, 0.4) is 0 Å². The number of carbonyl (C=O) groups excluding carboxylic acids is 4. The fourth-order valence-electron chi connectivity index (χ4n) is 6.34. The number of likely N-dealkylation sites (N-methyl/N-ethyl adjacent to an activating group) is 1. The lowest BCUT2D eigenvalue weighted by molar-refractivity contribution is -0.156. The predicted molar refractivity (Wildman–Crippen MR) is 146 cm³/mol. The Labute approximate surface area is 233 Å². The summed E-state index contributed by atoms with van der Waals surface area (Å²) < 4.78 is 11.5. The van der Waals surface area contributed by atoms with Gasteiger partial charge in [0, 0.05) is 38.2 Å². The largest absolute Gasteiger partial charge is 0.510 e. The Bertz CT molecular complexity index is 1340. The van der Waals surface area contributed by atoms with Gasteiger partial charge in [-0.15, -0.1) is 0 Å². The first-order chi connectivity index (χ1) is 18.8. The highest BCUT2D eigenvalue weighted by atomic mass is 16.5. The van der Waals surface area contributed by atoms with E-state index >= 15 is 0 Å². The molecule has 1 aromatic rings. The van der Waals surface area contributed by atoms with Crippen LogP contribution >= 0.6 is 0 Å². The molecule has 0 aliphatic heterocycles. The van der Waals surface area contributed by atoms with Crippen LogP contribution in [0.25, 0.3) is 0 Å². The number of esters is 1. The van der Waals surface area contributed by atoms with E-state index in [2.05, 4.69) is 0 Å². The Kier molecular flexibility index (Phi) is 7.83. The lowest BCUT2D eigenvalue weighted by Crippen LogP contribution is -2.64. The average molecular weight is 556 g/mol. The molecular weight excluding hydrogens is 518 g/mol. The number of primary amides is 1. The molecule has 0 heterocycles. The SMILES string of the molecule is CCCCOc1ccc(N(C)C)c2c1C(=O)C1=C(OC(C)=O)C3(O)C(=O)C(C(N)=O)=C(O)C(N(C)C)C3CC1C2. The highest BCUT2D eigenvalue weighted by Gasteiger charge is 2.64. The lowest BCUT2D eigenvalue weighted by atomic mass is 9.58. The number of aliphatic hydroxyl groups is 2. The van der Waals surface area contributed by atoms with Crippen molar-refractivity contribution in [3.05, 3.63) is 45.9 Å². The normalized spacial score (nSPS) is 25.9. The van der Waals surface area contributed by atoms with Gasteiger partial charge in [0.2, 0.25) is 5.78 Å². The molecule has 0 radical (unpaired) electrons. The summed E-state index contributed by atoms with van der Waals surface area (Å²) >= 11 is 0. The summed E-state index contributed by atoms with van der Waals surface area (Å²) in [5.74, 6) is -6.17. The van der Waals surface area contributed by atoms with Crippen molar-refractivity contribution < 1.29 is 38.9 Å². The number of ketones is 2. The summed E-state index contributed by atoms with van der Waals surface area (Å²) in [5.41, 5.74) is 3.89. The van der Waals surface area contributed by atoms with Crippen molar-refractivity contribution in [3.63, 3.8) is 0 Å². The number of carbonyl (C=O) groups is 4. The topological polar surface area (TPSA) is 160 Å². The highest BCUT2D eigenvalue weighted by molar-refractivity contribution is 6.25. The zero-order chi connectivity index (χ0) is 29.7. The molecular formula is C29H37N3O8. The van der Waals surface area contributed by atoms with Gasteiger partial charge in [0.15, 0.2) is 17.1 Å². The molecule has 0 fully saturated rings. The van der Waals surface area contributed by atoms with Crippen LogP contribution in [0.2, 0.25) is 0 Å². The summed E-state index contributed by atoms with van der Waals surface area (Å²) in [6.07, 6.45) is 2.08. The number of Topliss-reactive ketones (excluding diaryl/α,β-unsaturated/α-hetero) is 2. The van der Waals surface area contributed by atoms with Crippen molar-refractivity contribution in [2.45, 2.75) is 51.2 Å². The van der Waals surface area contributed by atoms with Crippen LogP contribution in [0.15, 0.2) is 34.8 Å². The Balaban J connectivity index is 2.02. The number of hydrogen-bond acceptors (Lipinski definition) is 10. The molecule has 1 amide bonds. The van der Waals surface area contributed by atoms with Crippen LogP contribution in [-0.2, 0) is 25.5 Å². The monoisotopic (exact) mass is 555 g/mol. The molecule has 4 rings (SSSR count). The number of allylic oxidation sites excluding steroid dienone is 1. The van der Waals surface area contributed by atoms with Crippen LogP contribution in [0.4, 0.5) is 5.69 Å². The molecule has 0 aromatic heterocycles. The first-order valence-electron chi connectivity index (χ1n) is 13.4. The maximum Gasteiger partial charge on any atom is 0.307 e. The van der Waals surface area contributed by atoms with Gasteiger partial charge in [0.25, 0.3) is 5.91 Å². The molecule has 0 saturated carbocycles. The van der Waals surface area contributed by atoms with Crippen molar-refractivity contribution in [1.29, 1.82) is 0 Å². The Morgan fingerprint density at radius 1 is 1.18 bits per heavy atom. The number of aliphatic hydroxyl groups excluding tert-OH is 1. The number of amides is 1. The molecule has 3 aliphatic carbocycles. The molecule has 11 nitrogen and oxygen atoms in total. The van der Waals surface area contributed by atoms with E-state index in [1.165, 1.54) is 0 Å². The van der Waals surface area contributed by atoms with Crippen molar-refractivity contribution in [1.82, 2.24) is 4.90 Å². The summed E-state index contributed by atoms with van der Waals surface area (Å²) in [7, 11) is 6.96. The molecule has 0 saturated heterocycles. The summed E-state index contributed by atoms with van der Waals surface area (Å²) in [6.45, 7) is 3.50. The summed E-state index contributed by atoms with van der Waals surface area (Å²) in [6, 6.07) is 2.58. The maximum absolute atomic E-state index is 14.4. The molecule has 11 heteroatoms. The third-order valence-corrected chi connectivity index (χ3v) is 8.02. The van der Waals surface area contributed by atoms with Gasteiger partial charge in [0.05, 0.1) is 18.2 Å². The number of ether oxygens (including phenoxy) is 2. The van der Waals surface area contributed by atoms with E-state index in [1.807, 2.05) is 32.0 Å². The number of nitrogens with zero attached hydrogens (tertiary/aromatic N) is 2. The van der Waals surface area contributed by atoms with Crippen LogP contribution in [0.5, 0.6) is 5.75 Å². The quantitative estimate of drug-likeness (QED) is 0.245. The molecule has 4 N–H and O–H groups in total. The minimum absolute atomic E-state index is 0.0197. The summed E-state index contributed by atoms with van der Waals surface area (Å²) in [5, 5.41) is 23.2. The zero-order valence-electron chi connectivity index (χ0n) is 23.7. The van der Waals surface area contributed by atoms with Gasteiger partial charge >= 0.3 is 5.97 Å². The Morgan fingerprint density at radius 2 is 1.85 bits per heavy atom. The Morgan fingerprint density at radius 3 is 2.40 bits per heavy atom. The van der Waals surface area contributed by atoms with Crippen molar-refractivity contribution in [3.8, 4) is 5.75 Å². The van der Waals surface area contributed by atoms with Gasteiger partial charge in [-0.2, -0.15) is 0 Å². The van der Waals surface area contributed by atoms with E-state index in [9.17, 15) is 29.4 Å². The van der Waals surface area contributed by atoms with E-state index in [4.69, 9.17) is 15.2 Å². The predicted octanol–water partition coefficient (Wildman–Crippen LogP) is 1.67. The average Bonchev–Trinajstić information content (AvgIpc) is 2.85. The van der Waals surface area contributed by atoms with Gasteiger partial charge < -0.3 is 30.3 Å². The van der Waals surface area contributed by atoms with Crippen molar-refractivity contribution in [2.75, 3.05) is 39.7 Å². The number of fused-ring (bicyclic) bond motifs is 3. The highest BCUT2D eigenvalue weighted by Crippen LogP contribution is 2.54. The van der Waals surface area contributed by atoms with Crippen LogP contribution in [0.1, 0.15) is 49.0 Å². The second kappa shape index (κ2) is 10.7. The molecule has 1 aromatic carbocycles. The molecule has 0 spiro atoms. The van der Waals surface area contributed by atoms with Crippen molar-refractivity contribution in [2.24, 2.45) is 17.6 Å². The number of unbranched alkanes of at least 4 members (excludes halogenated alkanes) is 1. The molecule has 216 valence electrons. The molecule has 40 heavy (non-hydrogen) atoms. The number of anilines is 1. The fourth-order valence-corrected chi connectivity index (χ4v) is 6.34. The third kappa shape index (κ3) is 4.46. The Hall–Kier alpha value is -3.70. The standard InChI is InChI=1S/C29H37N3O8/c1-7-8-11-39-19-10-9-18(31(3)4)16-12-15-13-17-23(32(5)6)25(35)22(28(30)37)26(36)29(17,38)27(40-14(2)33)20(15)24(34)21(16)19/h9-10,15,17,23,35,38H,7-8,11-13H2,1-6H3,(H2,30,37). The molecule has 4 unspecified atom stereocenters. The van der Waals surface area contributed by atoms with E-state index in [0.717, 1.165) is 31.0 Å². The maximum atomic E-state index is 14.4. The lowest BCUT2D eigenvalue weighted by Gasteiger charge is -2.50. The van der Waals surface area contributed by atoms with Gasteiger partial charge in [-0.3, -0.25) is 24.1 Å². The number of hydrogen-bond donors (Lipinski definition) is 3. The fraction of sp³-hybridized carbons (Fsp3) is 0.517. The van der Waals surface area contributed by atoms with Crippen LogP contribution < -0.4 is 15.4 Å². The first kappa shape index (κ1) is 29.3. The third-order valence-electron chi connectivity index (χ3n) is 8.02. The minimum Gasteiger partial charge on any atom is -0.510 e. The summed E-state index contributed by atoms with van der Waals surface area (Å²) in [4.78, 5) is 56.2. The molecule has 4 atom stereocenters. The molecule has 0 bridgehead atoms. The zero-order valence-corrected chi connectivity index (χ0v) is 23.7.